The second kappa shape index (κ2) is 5.19. The van der Waals surface area contributed by atoms with Crippen LogP contribution in [0.2, 0.25) is 0 Å². The smallest absolute Gasteiger partial charge is 0.145 e. The first-order chi connectivity index (χ1) is 10.3. The minimum absolute atomic E-state index is 0.164. The van der Waals surface area contributed by atoms with Gasteiger partial charge in [-0.15, -0.1) is 0 Å². The highest BCUT2D eigenvalue weighted by molar-refractivity contribution is 5.72. The second-order valence-electron chi connectivity index (χ2n) is 8.11. The minimum atomic E-state index is -0.555. The third-order valence-corrected chi connectivity index (χ3v) is 6.64. The molecule has 0 saturated heterocycles. The number of allylic oxidation sites excluding steroid dienone is 5. The Bertz CT molecular complexity index is 554. The predicted octanol–water partition coefficient (Wildman–Crippen LogP) is 4.07. The maximum absolute atomic E-state index is 10.9. The molecule has 6 atom stereocenters. The largest absolute Gasteiger partial charge is 0.390 e. The Balaban J connectivity index is 1.86. The molecule has 3 saturated carbocycles. The van der Waals surface area contributed by atoms with Crippen molar-refractivity contribution in [2.45, 2.75) is 52.1 Å². The van der Waals surface area contributed by atoms with E-state index >= 15 is 0 Å². The summed E-state index contributed by atoms with van der Waals surface area (Å²) in [6, 6.07) is 0. The second-order valence-corrected chi connectivity index (χ2v) is 8.11. The van der Waals surface area contributed by atoms with Crippen molar-refractivity contribution < 1.29 is 9.90 Å². The molecule has 0 bridgehead atoms. The van der Waals surface area contributed by atoms with Crippen molar-refractivity contribution >= 4 is 6.29 Å². The molecule has 0 spiro atoms. The van der Waals surface area contributed by atoms with E-state index in [0.29, 0.717) is 23.7 Å². The van der Waals surface area contributed by atoms with Crippen LogP contribution in [0.1, 0.15) is 46.5 Å². The number of hydrogen-bond donors (Lipinski definition) is 1. The maximum Gasteiger partial charge on any atom is 0.145 e. The molecule has 22 heavy (non-hydrogen) atoms. The summed E-state index contributed by atoms with van der Waals surface area (Å²) in [6.07, 6.45) is 11.4. The number of aldehydes is 1. The van der Waals surface area contributed by atoms with Gasteiger partial charge < -0.3 is 5.11 Å². The van der Waals surface area contributed by atoms with E-state index in [1.54, 1.807) is 0 Å². The molecule has 0 heterocycles. The fraction of sp³-hybridized carbons (Fsp3) is 0.650. The van der Waals surface area contributed by atoms with E-state index in [0.717, 1.165) is 31.1 Å². The van der Waals surface area contributed by atoms with Crippen LogP contribution < -0.4 is 0 Å². The number of carbonyl (C=O) groups excluding carboxylic acids is 1. The Morgan fingerprint density at radius 3 is 2.73 bits per heavy atom. The molecule has 0 radical (unpaired) electrons. The zero-order chi connectivity index (χ0) is 16.1. The SMILES string of the molecule is C=C1CC[C@@H]2[C@H]([C@@H]3[C@H]1CC[C@]3(C)O)[C@@]2(C)/C=C/C=C(\C)C=O. The molecule has 3 fully saturated rings. The zero-order valence-corrected chi connectivity index (χ0v) is 14.0. The van der Waals surface area contributed by atoms with E-state index < -0.39 is 5.60 Å². The van der Waals surface area contributed by atoms with E-state index in [1.165, 1.54) is 12.0 Å². The molecule has 3 rings (SSSR count). The number of carbonyl (C=O) groups is 1. The van der Waals surface area contributed by atoms with Gasteiger partial charge in [-0.05, 0) is 74.2 Å². The van der Waals surface area contributed by atoms with Crippen molar-refractivity contribution in [3.05, 3.63) is 36.0 Å². The first kappa shape index (κ1) is 15.7. The Morgan fingerprint density at radius 2 is 2.05 bits per heavy atom. The van der Waals surface area contributed by atoms with Crippen LogP contribution in [0.25, 0.3) is 0 Å². The predicted molar refractivity (Wildman–Crippen MR) is 89.3 cm³/mol. The van der Waals surface area contributed by atoms with Crippen molar-refractivity contribution in [2.75, 3.05) is 0 Å². The molecule has 2 heteroatoms. The summed E-state index contributed by atoms with van der Waals surface area (Å²) < 4.78 is 0. The van der Waals surface area contributed by atoms with E-state index in [1.807, 2.05) is 26.0 Å². The van der Waals surface area contributed by atoms with E-state index in [-0.39, 0.29) is 5.41 Å². The molecule has 0 aliphatic heterocycles. The Kier molecular flexibility index (Phi) is 3.71. The lowest BCUT2D eigenvalue weighted by molar-refractivity contribution is -0.104. The van der Waals surface area contributed by atoms with Crippen LogP contribution in [0.15, 0.2) is 36.0 Å². The first-order valence-electron chi connectivity index (χ1n) is 8.52. The molecule has 3 aliphatic rings. The number of rotatable bonds is 3. The molecule has 1 N–H and O–H groups in total. The lowest BCUT2D eigenvalue weighted by Gasteiger charge is -2.31. The highest BCUT2D eigenvalue weighted by Crippen LogP contribution is 2.72. The van der Waals surface area contributed by atoms with Gasteiger partial charge in [-0.2, -0.15) is 0 Å². The van der Waals surface area contributed by atoms with Crippen LogP contribution in [-0.4, -0.2) is 17.0 Å². The number of fused-ring (bicyclic) bond motifs is 3. The van der Waals surface area contributed by atoms with Crippen LogP contribution in [0.4, 0.5) is 0 Å². The summed E-state index contributed by atoms with van der Waals surface area (Å²) in [4.78, 5) is 10.7. The van der Waals surface area contributed by atoms with Crippen molar-refractivity contribution in [1.82, 2.24) is 0 Å². The minimum Gasteiger partial charge on any atom is -0.390 e. The van der Waals surface area contributed by atoms with Crippen molar-refractivity contribution in [2.24, 2.45) is 29.1 Å². The molecule has 0 unspecified atom stereocenters. The fourth-order valence-electron chi connectivity index (χ4n) is 5.32. The van der Waals surface area contributed by atoms with Gasteiger partial charge in [-0.25, -0.2) is 0 Å². The molecule has 2 nitrogen and oxygen atoms in total. The van der Waals surface area contributed by atoms with Gasteiger partial charge in [-0.1, -0.05) is 37.3 Å². The van der Waals surface area contributed by atoms with Crippen LogP contribution in [0.3, 0.4) is 0 Å². The third-order valence-electron chi connectivity index (χ3n) is 6.64. The van der Waals surface area contributed by atoms with E-state index in [2.05, 4.69) is 19.6 Å². The van der Waals surface area contributed by atoms with Gasteiger partial charge in [0.15, 0.2) is 0 Å². The topological polar surface area (TPSA) is 37.3 Å². The molecular formula is C20H28O2. The summed E-state index contributed by atoms with van der Waals surface area (Å²) in [7, 11) is 0. The van der Waals surface area contributed by atoms with Gasteiger partial charge in [0.2, 0.25) is 0 Å². The number of hydrogen-bond acceptors (Lipinski definition) is 2. The molecule has 120 valence electrons. The fourth-order valence-corrected chi connectivity index (χ4v) is 5.32. The third kappa shape index (κ3) is 2.32. The van der Waals surface area contributed by atoms with Gasteiger partial charge in [-0.3, -0.25) is 4.79 Å². The zero-order valence-electron chi connectivity index (χ0n) is 14.0. The van der Waals surface area contributed by atoms with Crippen LogP contribution in [-0.2, 0) is 4.79 Å². The summed E-state index contributed by atoms with van der Waals surface area (Å²) in [5.41, 5.74) is 1.72. The maximum atomic E-state index is 10.9. The van der Waals surface area contributed by atoms with Crippen LogP contribution >= 0.6 is 0 Å². The Morgan fingerprint density at radius 1 is 1.32 bits per heavy atom. The van der Waals surface area contributed by atoms with Crippen molar-refractivity contribution in [3.8, 4) is 0 Å². The van der Waals surface area contributed by atoms with Gasteiger partial charge in [0.05, 0.1) is 5.60 Å². The molecule has 0 amide bonds. The summed E-state index contributed by atoms with van der Waals surface area (Å²) in [6.45, 7) is 10.5. The van der Waals surface area contributed by atoms with Crippen LogP contribution in [0.5, 0.6) is 0 Å². The first-order valence-corrected chi connectivity index (χ1v) is 8.52. The Hall–Kier alpha value is -1.15. The van der Waals surface area contributed by atoms with Gasteiger partial charge in [0.1, 0.15) is 6.29 Å². The number of aliphatic hydroxyl groups is 1. The standard InChI is InChI=1S/C20H28O2/c1-13(12-21)6-5-10-19(3)16-8-7-14(2)15-9-11-20(4,22)17(15)18(16)19/h5-6,10,12,15-18,22H,2,7-9,11H2,1,3-4H3/b10-5+,13-6+/t15-,16+,17-,18+,19-,20-/m0/s1. The van der Waals surface area contributed by atoms with Crippen LogP contribution in [0, 0.1) is 29.1 Å². The average molecular weight is 300 g/mol. The lowest BCUT2D eigenvalue weighted by atomic mass is 9.77. The summed E-state index contributed by atoms with van der Waals surface area (Å²) in [5.74, 6) is 2.03. The Labute approximate surface area is 134 Å². The van der Waals surface area contributed by atoms with Gasteiger partial charge >= 0.3 is 0 Å². The quantitative estimate of drug-likeness (QED) is 0.369. The van der Waals surface area contributed by atoms with Crippen molar-refractivity contribution in [1.29, 1.82) is 0 Å². The average Bonchev–Trinajstić information content (AvgIpc) is 2.95. The van der Waals surface area contributed by atoms with Gasteiger partial charge in [0.25, 0.3) is 0 Å². The monoisotopic (exact) mass is 300 g/mol. The summed E-state index contributed by atoms with van der Waals surface area (Å²) >= 11 is 0. The highest BCUT2D eigenvalue weighted by atomic mass is 16.3. The molecular weight excluding hydrogens is 272 g/mol. The summed E-state index contributed by atoms with van der Waals surface area (Å²) in [5, 5.41) is 10.9. The lowest BCUT2D eigenvalue weighted by Crippen LogP contribution is -2.35. The molecule has 0 aromatic carbocycles. The normalized spacial score (nSPS) is 48.0. The van der Waals surface area contributed by atoms with E-state index in [9.17, 15) is 9.90 Å². The van der Waals surface area contributed by atoms with Gasteiger partial charge in [0, 0.05) is 0 Å². The molecule has 3 aliphatic carbocycles. The highest BCUT2D eigenvalue weighted by Gasteiger charge is 2.68. The molecule has 0 aromatic rings. The van der Waals surface area contributed by atoms with E-state index in [4.69, 9.17) is 0 Å². The van der Waals surface area contributed by atoms with Crippen molar-refractivity contribution in [3.63, 3.8) is 0 Å². The molecule has 0 aromatic heterocycles.